The highest BCUT2D eigenvalue weighted by Crippen LogP contribution is 2.28. The summed E-state index contributed by atoms with van der Waals surface area (Å²) in [5.41, 5.74) is 0.386. The van der Waals surface area contributed by atoms with Crippen LogP contribution < -0.4 is 0 Å². The summed E-state index contributed by atoms with van der Waals surface area (Å²) < 4.78 is 12.9. The van der Waals surface area contributed by atoms with Crippen molar-refractivity contribution in [1.29, 1.82) is 0 Å². The van der Waals surface area contributed by atoms with Crippen LogP contribution in [0.25, 0.3) is 6.08 Å². The minimum absolute atomic E-state index is 0.0304. The summed E-state index contributed by atoms with van der Waals surface area (Å²) in [7, 11) is 0. The fourth-order valence-electron chi connectivity index (χ4n) is 0.866. The number of aliphatic hydroxyl groups excluding tert-OH is 1. The summed E-state index contributed by atoms with van der Waals surface area (Å²) in [6, 6.07) is 2.61. The van der Waals surface area contributed by atoms with Crippen molar-refractivity contribution < 1.29 is 9.50 Å². The molecule has 0 amide bonds. The quantitative estimate of drug-likeness (QED) is 0.760. The summed E-state index contributed by atoms with van der Waals surface area (Å²) in [6.07, 6.45) is 2.92. The number of rotatable bonds is 2. The SMILES string of the molecule is OCC=Cc1c(Cl)ccc(F)c1Cl. The average molecular weight is 221 g/mol. The molecule has 0 bridgehead atoms. The zero-order chi connectivity index (χ0) is 9.84. The number of hydrogen-bond acceptors (Lipinski definition) is 1. The number of benzene rings is 1. The molecule has 0 unspecified atom stereocenters. The molecular weight excluding hydrogens is 214 g/mol. The van der Waals surface area contributed by atoms with Gasteiger partial charge in [0.15, 0.2) is 0 Å². The molecule has 0 heterocycles. The van der Waals surface area contributed by atoms with Gasteiger partial charge in [0.1, 0.15) is 5.82 Å². The lowest BCUT2D eigenvalue weighted by atomic mass is 10.2. The van der Waals surface area contributed by atoms with Crippen LogP contribution in [-0.4, -0.2) is 11.7 Å². The lowest BCUT2D eigenvalue weighted by Gasteiger charge is -2.01. The van der Waals surface area contributed by atoms with E-state index in [-0.39, 0.29) is 11.6 Å². The third kappa shape index (κ3) is 2.44. The van der Waals surface area contributed by atoms with E-state index in [2.05, 4.69) is 0 Å². The third-order valence-corrected chi connectivity index (χ3v) is 2.18. The van der Waals surface area contributed by atoms with Gasteiger partial charge in [-0.15, -0.1) is 0 Å². The fourth-order valence-corrected chi connectivity index (χ4v) is 1.36. The first-order valence-corrected chi connectivity index (χ1v) is 4.33. The molecule has 0 aromatic heterocycles. The number of aliphatic hydroxyl groups is 1. The predicted molar refractivity (Wildman–Crippen MR) is 52.5 cm³/mol. The Morgan fingerprint density at radius 3 is 2.69 bits per heavy atom. The maximum Gasteiger partial charge on any atom is 0.142 e. The second-order valence-electron chi connectivity index (χ2n) is 2.34. The molecular formula is C9H7Cl2FO. The molecule has 1 N–H and O–H groups in total. The zero-order valence-corrected chi connectivity index (χ0v) is 8.11. The van der Waals surface area contributed by atoms with Gasteiger partial charge in [-0.1, -0.05) is 35.4 Å². The van der Waals surface area contributed by atoms with E-state index in [1.807, 2.05) is 0 Å². The van der Waals surface area contributed by atoms with Crippen LogP contribution >= 0.6 is 23.2 Å². The van der Waals surface area contributed by atoms with E-state index in [4.69, 9.17) is 28.3 Å². The smallest absolute Gasteiger partial charge is 0.142 e. The van der Waals surface area contributed by atoms with Crippen molar-refractivity contribution in [2.75, 3.05) is 6.61 Å². The second-order valence-corrected chi connectivity index (χ2v) is 3.13. The average Bonchev–Trinajstić information content (AvgIpc) is 2.12. The summed E-state index contributed by atoms with van der Waals surface area (Å²) >= 11 is 11.4. The predicted octanol–water partition coefficient (Wildman–Crippen LogP) is 3.14. The van der Waals surface area contributed by atoms with Gasteiger partial charge >= 0.3 is 0 Å². The van der Waals surface area contributed by atoms with Crippen molar-refractivity contribution >= 4 is 29.3 Å². The van der Waals surface area contributed by atoms with E-state index in [1.165, 1.54) is 24.3 Å². The molecule has 70 valence electrons. The van der Waals surface area contributed by atoms with Crippen LogP contribution in [-0.2, 0) is 0 Å². The standard InChI is InChI=1S/C9H7Cl2FO/c10-7-3-4-8(12)9(11)6(7)2-1-5-13/h1-4,13H,5H2. The van der Waals surface area contributed by atoms with Crippen LogP contribution in [0.4, 0.5) is 4.39 Å². The lowest BCUT2D eigenvalue weighted by Crippen LogP contribution is -1.84. The Kier molecular flexibility index (Phi) is 3.72. The van der Waals surface area contributed by atoms with Crippen molar-refractivity contribution in [2.45, 2.75) is 0 Å². The van der Waals surface area contributed by atoms with Crippen LogP contribution in [0.2, 0.25) is 10.0 Å². The van der Waals surface area contributed by atoms with Gasteiger partial charge in [-0.3, -0.25) is 0 Å². The first-order chi connectivity index (χ1) is 6.16. The lowest BCUT2D eigenvalue weighted by molar-refractivity contribution is 0.343. The summed E-state index contributed by atoms with van der Waals surface area (Å²) in [5.74, 6) is -0.524. The van der Waals surface area contributed by atoms with Crippen molar-refractivity contribution in [3.63, 3.8) is 0 Å². The zero-order valence-electron chi connectivity index (χ0n) is 6.60. The minimum Gasteiger partial charge on any atom is -0.392 e. The van der Waals surface area contributed by atoms with E-state index in [1.54, 1.807) is 0 Å². The molecule has 1 rings (SSSR count). The van der Waals surface area contributed by atoms with Gasteiger partial charge in [0.05, 0.1) is 11.6 Å². The van der Waals surface area contributed by atoms with Crippen LogP contribution in [0.15, 0.2) is 18.2 Å². The third-order valence-electron chi connectivity index (χ3n) is 1.47. The molecule has 0 aliphatic heterocycles. The molecule has 0 aliphatic rings. The van der Waals surface area contributed by atoms with E-state index >= 15 is 0 Å². The molecule has 0 spiro atoms. The Morgan fingerprint density at radius 2 is 2.08 bits per heavy atom. The van der Waals surface area contributed by atoms with Crippen molar-refractivity contribution in [3.05, 3.63) is 39.6 Å². The highest BCUT2D eigenvalue weighted by atomic mass is 35.5. The first-order valence-electron chi connectivity index (χ1n) is 3.57. The Hall–Kier alpha value is -0.570. The van der Waals surface area contributed by atoms with E-state index < -0.39 is 5.82 Å². The summed E-state index contributed by atoms with van der Waals surface area (Å²) in [6.45, 7) is -0.136. The minimum atomic E-state index is -0.524. The Bertz CT molecular complexity index is 337. The molecule has 1 aromatic carbocycles. The Labute approximate surface area is 85.4 Å². The van der Waals surface area contributed by atoms with Gasteiger partial charge in [-0.05, 0) is 12.1 Å². The molecule has 0 fully saturated rings. The van der Waals surface area contributed by atoms with Crippen molar-refractivity contribution in [3.8, 4) is 0 Å². The van der Waals surface area contributed by atoms with Crippen LogP contribution in [0.3, 0.4) is 0 Å². The number of halogens is 3. The van der Waals surface area contributed by atoms with Gasteiger partial charge in [0, 0.05) is 10.6 Å². The maximum atomic E-state index is 12.9. The van der Waals surface area contributed by atoms with Gasteiger partial charge in [-0.25, -0.2) is 4.39 Å². The highest BCUT2D eigenvalue weighted by molar-refractivity contribution is 6.37. The normalized spacial score (nSPS) is 11.1. The molecule has 0 radical (unpaired) electrons. The molecule has 1 aromatic rings. The fraction of sp³-hybridized carbons (Fsp3) is 0.111. The topological polar surface area (TPSA) is 20.2 Å². The summed E-state index contributed by atoms with van der Waals surface area (Å²) in [4.78, 5) is 0. The van der Waals surface area contributed by atoms with Crippen molar-refractivity contribution in [1.82, 2.24) is 0 Å². The van der Waals surface area contributed by atoms with E-state index in [0.29, 0.717) is 10.6 Å². The molecule has 1 nitrogen and oxygen atoms in total. The molecule has 0 saturated carbocycles. The maximum absolute atomic E-state index is 12.9. The van der Waals surface area contributed by atoms with Crippen LogP contribution in [0.1, 0.15) is 5.56 Å². The summed E-state index contributed by atoms with van der Waals surface area (Å²) in [5, 5.41) is 8.84. The Morgan fingerprint density at radius 1 is 1.38 bits per heavy atom. The van der Waals surface area contributed by atoms with E-state index in [0.717, 1.165) is 0 Å². The monoisotopic (exact) mass is 220 g/mol. The molecule has 0 saturated heterocycles. The van der Waals surface area contributed by atoms with Gasteiger partial charge in [0.25, 0.3) is 0 Å². The Balaban J connectivity index is 3.17. The molecule has 13 heavy (non-hydrogen) atoms. The second kappa shape index (κ2) is 4.61. The van der Waals surface area contributed by atoms with Gasteiger partial charge < -0.3 is 5.11 Å². The molecule has 0 aliphatic carbocycles. The first kappa shape index (κ1) is 10.5. The number of hydrogen-bond donors (Lipinski definition) is 1. The molecule has 4 heteroatoms. The molecule has 0 atom stereocenters. The van der Waals surface area contributed by atoms with Gasteiger partial charge in [0.2, 0.25) is 0 Å². The van der Waals surface area contributed by atoms with Gasteiger partial charge in [-0.2, -0.15) is 0 Å². The van der Waals surface area contributed by atoms with E-state index in [9.17, 15) is 4.39 Å². The largest absolute Gasteiger partial charge is 0.392 e. The van der Waals surface area contributed by atoms with Crippen LogP contribution in [0.5, 0.6) is 0 Å². The van der Waals surface area contributed by atoms with Crippen molar-refractivity contribution in [2.24, 2.45) is 0 Å². The van der Waals surface area contributed by atoms with Crippen LogP contribution in [0, 0.1) is 5.82 Å². The highest BCUT2D eigenvalue weighted by Gasteiger charge is 2.07.